The lowest BCUT2D eigenvalue weighted by Crippen LogP contribution is -1.92. The number of hydrogen-bond acceptors (Lipinski definition) is 2. The highest BCUT2D eigenvalue weighted by Gasteiger charge is 2.05. The summed E-state index contributed by atoms with van der Waals surface area (Å²) in [5.74, 6) is 0. The van der Waals surface area contributed by atoms with Crippen LogP contribution in [0.15, 0.2) is 29.6 Å². The fourth-order valence-corrected chi connectivity index (χ4v) is 2.77. The van der Waals surface area contributed by atoms with Crippen LogP contribution in [0.3, 0.4) is 0 Å². The van der Waals surface area contributed by atoms with Crippen LogP contribution in [0.4, 0.5) is 0 Å². The molecule has 0 bridgehead atoms. The fraction of sp³-hybridized carbons (Fsp3) is 0.167. The number of halogens is 1. The summed E-state index contributed by atoms with van der Waals surface area (Å²) in [6, 6.07) is 8.11. The van der Waals surface area contributed by atoms with Crippen LogP contribution in [0.2, 0.25) is 5.02 Å². The van der Waals surface area contributed by atoms with Gasteiger partial charge in [-0.15, -0.1) is 11.3 Å². The van der Waals surface area contributed by atoms with Gasteiger partial charge in [0.2, 0.25) is 0 Å². The maximum Gasteiger partial charge on any atom is 0.0409 e. The molecule has 0 aliphatic carbocycles. The minimum absolute atomic E-state index is 0.600. The SMILES string of the molecule is Cc1cc(Cl)ccc1-c1cc(CN)cs1. The second-order valence-corrected chi connectivity index (χ2v) is 4.83. The number of hydrogen-bond donors (Lipinski definition) is 1. The van der Waals surface area contributed by atoms with Crippen LogP contribution in [0, 0.1) is 6.92 Å². The summed E-state index contributed by atoms with van der Waals surface area (Å²) >= 11 is 7.64. The van der Waals surface area contributed by atoms with E-state index in [1.54, 1.807) is 11.3 Å². The van der Waals surface area contributed by atoms with Crippen LogP contribution in [0.1, 0.15) is 11.1 Å². The maximum atomic E-state index is 5.92. The topological polar surface area (TPSA) is 26.0 Å². The van der Waals surface area contributed by atoms with Crippen LogP contribution in [-0.4, -0.2) is 0 Å². The second-order valence-electron chi connectivity index (χ2n) is 3.48. The molecule has 0 saturated carbocycles. The number of aryl methyl sites for hydroxylation is 1. The van der Waals surface area contributed by atoms with Gasteiger partial charge in [-0.2, -0.15) is 0 Å². The van der Waals surface area contributed by atoms with Crippen LogP contribution in [-0.2, 0) is 6.54 Å². The summed E-state index contributed by atoms with van der Waals surface area (Å²) in [4.78, 5) is 1.25. The van der Waals surface area contributed by atoms with Gasteiger partial charge in [0, 0.05) is 16.4 Å². The predicted octanol–water partition coefficient (Wildman–Crippen LogP) is 3.84. The Bertz CT molecular complexity index is 476. The number of benzene rings is 1. The summed E-state index contributed by atoms with van der Waals surface area (Å²) in [6.45, 7) is 2.67. The van der Waals surface area contributed by atoms with Gasteiger partial charge in [0.1, 0.15) is 0 Å². The molecule has 15 heavy (non-hydrogen) atoms. The van der Waals surface area contributed by atoms with Gasteiger partial charge in [0.05, 0.1) is 0 Å². The van der Waals surface area contributed by atoms with E-state index in [-0.39, 0.29) is 0 Å². The zero-order valence-corrected chi connectivity index (χ0v) is 10.0. The van der Waals surface area contributed by atoms with Gasteiger partial charge >= 0.3 is 0 Å². The average molecular weight is 238 g/mol. The first-order valence-electron chi connectivity index (χ1n) is 4.74. The highest BCUT2D eigenvalue weighted by atomic mass is 35.5. The molecule has 0 radical (unpaired) electrons. The smallest absolute Gasteiger partial charge is 0.0409 e. The highest BCUT2D eigenvalue weighted by molar-refractivity contribution is 7.13. The lowest BCUT2D eigenvalue weighted by Gasteiger charge is -2.02. The molecular formula is C12H12ClNS. The van der Waals surface area contributed by atoms with Crippen molar-refractivity contribution in [1.29, 1.82) is 0 Å². The van der Waals surface area contributed by atoms with Crippen LogP contribution < -0.4 is 5.73 Å². The summed E-state index contributed by atoms with van der Waals surface area (Å²) in [6.07, 6.45) is 0. The minimum atomic E-state index is 0.600. The maximum absolute atomic E-state index is 5.92. The molecule has 0 spiro atoms. The van der Waals surface area contributed by atoms with Crippen molar-refractivity contribution in [2.45, 2.75) is 13.5 Å². The molecule has 2 N–H and O–H groups in total. The zero-order chi connectivity index (χ0) is 10.8. The number of rotatable bonds is 2. The molecule has 1 aromatic heterocycles. The highest BCUT2D eigenvalue weighted by Crippen LogP contribution is 2.31. The molecule has 78 valence electrons. The molecule has 0 aliphatic rings. The standard InChI is InChI=1S/C12H12ClNS/c1-8-4-10(13)2-3-11(8)12-5-9(6-14)7-15-12/h2-5,7H,6,14H2,1H3. The molecule has 0 aliphatic heterocycles. The Kier molecular flexibility index (Phi) is 3.10. The average Bonchev–Trinajstić information content (AvgIpc) is 2.66. The largest absolute Gasteiger partial charge is 0.326 e. The minimum Gasteiger partial charge on any atom is -0.326 e. The number of thiophene rings is 1. The third kappa shape index (κ3) is 2.23. The molecule has 1 nitrogen and oxygen atoms in total. The first-order chi connectivity index (χ1) is 7.20. The predicted molar refractivity (Wildman–Crippen MR) is 67.4 cm³/mol. The first-order valence-corrected chi connectivity index (χ1v) is 6.00. The van der Waals surface area contributed by atoms with E-state index in [9.17, 15) is 0 Å². The molecule has 0 atom stereocenters. The Labute approximate surface area is 98.5 Å². The van der Waals surface area contributed by atoms with Gasteiger partial charge < -0.3 is 5.73 Å². The lowest BCUT2D eigenvalue weighted by molar-refractivity contribution is 1.08. The lowest BCUT2D eigenvalue weighted by atomic mass is 10.1. The van der Waals surface area contributed by atoms with Crippen LogP contribution >= 0.6 is 22.9 Å². The summed E-state index contributed by atoms with van der Waals surface area (Å²) in [7, 11) is 0. The van der Waals surface area contributed by atoms with E-state index in [2.05, 4.69) is 24.4 Å². The van der Waals surface area contributed by atoms with E-state index in [0.29, 0.717) is 6.54 Å². The Balaban J connectivity index is 2.44. The molecular weight excluding hydrogens is 226 g/mol. The molecule has 3 heteroatoms. The van der Waals surface area contributed by atoms with Crippen molar-refractivity contribution < 1.29 is 0 Å². The summed E-state index contributed by atoms with van der Waals surface area (Å²) in [5, 5.41) is 2.88. The quantitative estimate of drug-likeness (QED) is 0.844. The van der Waals surface area contributed by atoms with Crippen molar-refractivity contribution in [2.75, 3.05) is 0 Å². The first kappa shape index (κ1) is 10.7. The van der Waals surface area contributed by atoms with E-state index in [1.807, 2.05) is 12.1 Å². The molecule has 2 rings (SSSR count). The van der Waals surface area contributed by atoms with Crippen molar-refractivity contribution in [3.8, 4) is 10.4 Å². The van der Waals surface area contributed by atoms with E-state index in [1.165, 1.54) is 21.6 Å². The van der Waals surface area contributed by atoms with Crippen LogP contribution in [0.5, 0.6) is 0 Å². The van der Waals surface area contributed by atoms with E-state index >= 15 is 0 Å². The fourth-order valence-electron chi connectivity index (χ4n) is 1.53. The monoisotopic (exact) mass is 237 g/mol. The molecule has 0 fully saturated rings. The van der Waals surface area contributed by atoms with Gasteiger partial charge in [0.15, 0.2) is 0 Å². The van der Waals surface area contributed by atoms with E-state index in [0.717, 1.165) is 5.02 Å². The molecule has 0 amide bonds. The Morgan fingerprint density at radius 2 is 2.13 bits per heavy atom. The van der Waals surface area contributed by atoms with Gasteiger partial charge in [-0.25, -0.2) is 0 Å². The van der Waals surface area contributed by atoms with Crippen molar-refractivity contribution in [3.05, 3.63) is 45.8 Å². The Morgan fingerprint density at radius 3 is 2.73 bits per heavy atom. The van der Waals surface area contributed by atoms with Gasteiger partial charge in [-0.1, -0.05) is 17.7 Å². The molecule has 2 aromatic rings. The second kappa shape index (κ2) is 4.35. The van der Waals surface area contributed by atoms with Gasteiger partial charge in [-0.05, 0) is 47.2 Å². The van der Waals surface area contributed by atoms with Crippen molar-refractivity contribution in [1.82, 2.24) is 0 Å². The zero-order valence-electron chi connectivity index (χ0n) is 8.46. The third-order valence-electron chi connectivity index (χ3n) is 2.34. The Morgan fingerprint density at radius 1 is 1.33 bits per heavy atom. The molecule has 0 saturated heterocycles. The number of nitrogens with two attached hydrogens (primary N) is 1. The summed E-state index contributed by atoms with van der Waals surface area (Å²) < 4.78 is 0. The Hall–Kier alpha value is -0.830. The van der Waals surface area contributed by atoms with Gasteiger partial charge in [0.25, 0.3) is 0 Å². The normalized spacial score (nSPS) is 10.6. The third-order valence-corrected chi connectivity index (χ3v) is 3.59. The molecule has 1 heterocycles. The molecule has 1 aromatic carbocycles. The van der Waals surface area contributed by atoms with Crippen LogP contribution in [0.25, 0.3) is 10.4 Å². The van der Waals surface area contributed by atoms with Crippen molar-refractivity contribution in [2.24, 2.45) is 5.73 Å². The van der Waals surface area contributed by atoms with Crippen molar-refractivity contribution >= 4 is 22.9 Å². The van der Waals surface area contributed by atoms with Crippen molar-refractivity contribution in [3.63, 3.8) is 0 Å². The van der Waals surface area contributed by atoms with Gasteiger partial charge in [-0.3, -0.25) is 0 Å². The van der Waals surface area contributed by atoms with E-state index < -0.39 is 0 Å². The summed E-state index contributed by atoms with van der Waals surface area (Å²) in [5.41, 5.74) is 9.22. The molecule has 0 unspecified atom stereocenters. The van der Waals surface area contributed by atoms with E-state index in [4.69, 9.17) is 17.3 Å².